The van der Waals surface area contributed by atoms with E-state index in [0.717, 1.165) is 5.69 Å². The predicted molar refractivity (Wildman–Crippen MR) is 91.1 cm³/mol. The molecule has 0 aliphatic heterocycles. The monoisotopic (exact) mass is 328 g/mol. The number of nitrogens with zero attached hydrogens (tertiary/aromatic N) is 2. The number of benzene rings is 1. The minimum Gasteiger partial charge on any atom is -0.462 e. The van der Waals surface area contributed by atoms with Crippen LogP contribution in [0.3, 0.4) is 0 Å². The Morgan fingerprint density at radius 3 is 2.33 bits per heavy atom. The zero-order valence-electron chi connectivity index (χ0n) is 14.0. The largest absolute Gasteiger partial charge is 0.462 e. The molecule has 0 fully saturated rings. The molecule has 0 saturated heterocycles. The molecule has 0 amide bonds. The molecule has 0 spiro atoms. The number of hydrogen-bond donors (Lipinski definition) is 0. The summed E-state index contributed by atoms with van der Waals surface area (Å²) < 4.78 is 11.6. The van der Waals surface area contributed by atoms with Gasteiger partial charge in [0.1, 0.15) is 12.0 Å². The number of aliphatic imine (C=N–C) groups is 1. The highest BCUT2D eigenvalue weighted by Gasteiger charge is 2.22. The van der Waals surface area contributed by atoms with E-state index < -0.39 is 11.9 Å². The van der Waals surface area contributed by atoms with Crippen molar-refractivity contribution in [2.24, 2.45) is 4.99 Å². The van der Waals surface area contributed by atoms with Crippen molar-refractivity contribution >= 4 is 24.0 Å². The van der Waals surface area contributed by atoms with Crippen LogP contribution in [0.5, 0.6) is 0 Å². The summed E-state index contributed by atoms with van der Waals surface area (Å²) in [6, 6.07) is 10.8. The second-order valence-corrected chi connectivity index (χ2v) is 4.92. The van der Waals surface area contributed by atoms with Gasteiger partial charge < -0.3 is 9.47 Å². The summed E-state index contributed by atoms with van der Waals surface area (Å²) in [5.41, 5.74) is 1.85. The summed E-state index contributed by atoms with van der Waals surface area (Å²) in [5.74, 6) is -0.997. The average Bonchev–Trinajstić information content (AvgIpc) is 2.91. The Morgan fingerprint density at radius 2 is 1.71 bits per heavy atom. The molecule has 1 aromatic carbocycles. The van der Waals surface area contributed by atoms with Crippen LogP contribution in [0.2, 0.25) is 0 Å². The molecule has 1 heterocycles. The standard InChI is InChI=1S/C18H20N2O4/c1-4-23-17(21)15-11-16(18(22)24-5-2)20(13(15)3)12-19-14-9-7-6-8-10-14/h6-12H,4-5H2,1-3H3. The summed E-state index contributed by atoms with van der Waals surface area (Å²) in [7, 11) is 0. The van der Waals surface area contributed by atoms with Gasteiger partial charge in [-0.2, -0.15) is 0 Å². The summed E-state index contributed by atoms with van der Waals surface area (Å²) in [4.78, 5) is 28.6. The summed E-state index contributed by atoms with van der Waals surface area (Å²) in [6.07, 6.45) is 1.50. The Kier molecular flexibility index (Phi) is 5.89. The van der Waals surface area contributed by atoms with Gasteiger partial charge >= 0.3 is 11.9 Å². The molecule has 24 heavy (non-hydrogen) atoms. The second-order valence-electron chi connectivity index (χ2n) is 4.92. The Bertz CT molecular complexity index is 748. The quantitative estimate of drug-likeness (QED) is 0.463. The lowest BCUT2D eigenvalue weighted by Crippen LogP contribution is -2.12. The molecule has 0 aliphatic carbocycles. The van der Waals surface area contributed by atoms with E-state index in [1.165, 1.54) is 17.0 Å². The third kappa shape index (κ3) is 3.90. The van der Waals surface area contributed by atoms with Crippen LogP contribution in [-0.4, -0.2) is 36.1 Å². The number of aromatic nitrogens is 1. The van der Waals surface area contributed by atoms with Crippen LogP contribution >= 0.6 is 0 Å². The van der Waals surface area contributed by atoms with E-state index in [-0.39, 0.29) is 18.9 Å². The van der Waals surface area contributed by atoms with Crippen LogP contribution in [0.15, 0.2) is 41.4 Å². The topological polar surface area (TPSA) is 69.9 Å². The van der Waals surface area contributed by atoms with E-state index in [0.29, 0.717) is 11.3 Å². The SMILES string of the molecule is CCOC(=O)c1cc(C(=O)OCC)n(C=Nc2ccccc2)c1C. The number of hydrogen-bond acceptors (Lipinski definition) is 5. The van der Waals surface area contributed by atoms with Crippen LogP contribution in [0.25, 0.3) is 0 Å². The van der Waals surface area contributed by atoms with Crippen molar-refractivity contribution in [2.75, 3.05) is 13.2 Å². The Morgan fingerprint density at radius 1 is 1.08 bits per heavy atom. The van der Waals surface area contributed by atoms with Gasteiger partial charge in [-0.3, -0.25) is 4.57 Å². The number of para-hydroxylation sites is 1. The van der Waals surface area contributed by atoms with Gasteiger partial charge in [0, 0.05) is 5.69 Å². The third-order valence-corrected chi connectivity index (χ3v) is 3.35. The van der Waals surface area contributed by atoms with Crippen molar-refractivity contribution in [1.29, 1.82) is 0 Å². The summed E-state index contributed by atoms with van der Waals surface area (Å²) in [5, 5.41) is 0. The van der Waals surface area contributed by atoms with Crippen molar-refractivity contribution in [2.45, 2.75) is 20.8 Å². The fourth-order valence-electron chi connectivity index (χ4n) is 2.19. The smallest absolute Gasteiger partial charge is 0.355 e. The van der Waals surface area contributed by atoms with Gasteiger partial charge in [0.25, 0.3) is 0 Å². The zero-order valence-corrected chi connectivity index (χ0v) is 14.0. The molecule has 0 unspecified atom stereocenters. The minimum absolute atomic E-state index is 0.233. The fraction of sp³-hybridized carbons (Fsp3) is 0.278. The summed E-state index contributed by atoms with van der Waals surface area (Å²) in [6.45, 7) is 5.69. The number of esters is 2. The Labute approximate surface area is 140 Å². The predicted octanol–water partition coefficient (Wildman–Crippen LogP) is 3.36. The second kappa shape index (κ2) is 8.10. The summed E-state index contributed by atoms with van der Waals surface area (Å²) >= 11 is 0. The highest BCUT2D eigenvalue weighted by atomic mass is 16.5. The van der Waals surface area contributed by atoms with Crippen molar-refractivity contribution in [3.05, 3.63) is 53.3 Å². The molecule has 0 aliphatic rings. The molecule has 0 bridgehead atoms. The molecule has 2 rings (SSSR count). The van der Waals surface area contributed by atoms with Gasteiger partial charge in [-0.25, -0.2) is 14.6 Å². The lowest BCUT2D eigenvalue weighted by atomic mass is 10.2. The zero-order chi connectivity index (χ0) is 17.5. The molecule has 6 heteroatoms. The number of carbonyl (C=O) groups is 2. The molecule has 2 aromatic rings. The van der Waals surface area contributed by atoms with Gasteiger partial charge in [0.2, 0.25) is 0 Å². The van der Waals surface area contributed by atoms with Crippen LogP contribution in [0, 0.1) is 6.92 Å². The lowest BCUT2D eigenvalue weighted by molar-refractivity contribution is 0.0516. The van der Waals surface area contributed by atoms with Gasteiger partial charge in [-0.05, 0) is 39.0 Å². The first kappa shape index (κ1) is 17.5. The maximum Gasteiger partial charge on any atom is 0.355 e. The number of ether oxygens (including phenoxy) is 2. The first-order chi connectivity index (χ1) is 11.6. The van der Waals surface area contributed by atoms with Gasteiger partial charge in [-0.15, -0.1) is 0 Å². The molecular formula is C18H20N2O4. The highest BCUT2D eigenvalue weighted by Crippen LogP contribution is 2.18. The Hall–Kier alpha value is -2.89. The Balaban J connectivity index is 2.44. The van der Waals surface area contributed by atoms with E-state index in [2.05, 4.69) is 4.99 Å². The third-order valence-electron chi connectivity index (χ3n) is 3.35. The highest BCUT2D eigenvalue weighted by molar-refractivity contribution is 5.98. The fourth-order valence-corrected chi connectivity index (χ4v) is 2.19. The lowest BCUT2D eigenvalue weighted by Gasteiger charge is -2.05. The number of carbonyl (C=O) groups excluding carboxylic acids is 2. The average molecular weight is 328 g/mol. The normalized spacial score (nSPS) is 10.8. The maximum atomic E-state index is 12.2. The molecule has 1 aromatic heterocycles. The van der Waals surface area contributed by atoms with Crippen molar-refractivity contribution < 1.29 is 19.1 Å². The van der Waals surface area contributed by atoms with Gasteiger partial charge in [0.05, 0.1) is 24.5 Å². The molecule has 0 saturated carbocycles. The molecule has 126 valence electrons. The minimum atomic E-state index is -0.518. The molecule has 0 radical (unpaired) electrons. The van der Waals surface area contributed by atoms with Crippen molar-refractivity contribution in [1.82, 2.24) is 4.57 Å². The first-order valence-electron chi connectivity index (χ1n) is 7.73. The van der Waals surface area contributed by atoms with Gasteiger partial charge in [0.15, 0.2) is 0 Å². The van der Waals surface area contributed by atoms with E-state index in [1.54, 1.807) is 20.8 Å². The number of rotatable bonds is 6. The van der Waals surface area contributed by atoms with E-state index in [1.807, 2.05) is 30.3 Å². The van der Waals surface area contributed by atoms with Crippen LogP contribution < -0.4 is 0 Å². The molecule has 6 nitrogen and oxygen atoms in total. The van der Waals surface area contributed by atoms with Crippen LogP contribution in [0.1, 0.15) is 40.4 Å². The van der Waals surface area contributed by atoms with Crippen LogP contribution in [-0.2, 0) is 9.47 Å². The molecule has 0 atom stereocenters. The molecular weight excluding hydrogens is 308 g/mol. The van der Waals surface area contributed by atoms with E-state index >= 15 is 0 Å². The molecule has 0 N–H and O–H groups in total. The van der Waals surface area contributed by atoms with Crippen LogP contribution in [0.4, 0.5) is 5.69 Å². The van der Waals surface area contributed by atoms with Crippen molar-refractivity contribution in [3.63, 3.8) is 0 Å². The van der Waals surface area contributed by atoms with Gasteiger partial charge in [-0.1, -0.05) is 18.2 Å². The van der Waals surface area contributed by atoms with E-state index in [4.69, 9.17) is 9.47 Å². The maximum absolute atomic E-state index is 12.2. The van der Waals surface area contributed by atoms with Crippen molar-refractivity contribution in [3.8, 4) is 0 Å². The van der Waals surface area contributed by atoms with E-state index in [9.17, 15) is 9.59 Å². The first-order valence-corrected chi connectivity index (χ1v) is 7.73.